The maximum Gasteiger partial charge on any atom is 0.277 e. The first-order valence-electron chi connectivity index (χ1n) is 7.93. The first-order chi connectivity index (χ1) is 11.2. The van der Waals surface area contributed by atoms with Gasteiger partial charge in [0.1, 0.15) is 12.4 Å². The van der Waals surface area contributed by atoms with E-state index in [1.807, 2.05) is 29.6 Å². The summed E-state index contributed by atoms with van der Waals surface area (Å²) < 4.78 is 5.81. The van der Waals surface area contributed by atoms with Crippen LogP contribution >= 0.6 is 23.7 Å². The van der Waals surface area contributed by atoms with Crippen LogP contribution in [0.3, 0.4) is 0 Å². The molecule has 5 nitrogen and oxygen atoms in total. The SMILES string of the molecule is Cl.NC(=O)c1nc(-c2ccc(OCCN3CCCCC3)cc2)cs1. The zero-order chi connectivity index (χ0) is 16.1. The molecule has 0 aliphatic carbocycles. The molecular formula is C17H22ClN3O2S. The number of carbonyl (C=O) groups is 1. The number of primary amides is 1. The molecule has 0 unspecified atom stereocenters. The lowest BCUT2D eigenvalue weighted by Gasteiger charge is -2.26. The van der Waals surface area contributed by atoms with Crippen LogP contribution in [0.1, 0.15) is 29.1 Å². The van der Waals surface area contributed by atoms with Gasteiger partial charge in [0.25, 0.3) is 5.91 Å². The second-order valence-electron chi connectivity index (χ2n) is 5.68. The van der Waals surface area contributed by atoms with Gasteiger partial charge in [-0.2, -0.15) is 0 Å². The van der Waals surface area contributed by atoms with Gasteiger partial charge in [0.2, 0.25) is 0 Å². The fourth-order valence-corrected chi connectivity index (χ4v) is 3.40. The zero-order valence-corrected chi connectivity index (χ0v) is 15.1. The molecule has 1 amide bonds. The molecule has 2 heterocycles. The average molecular weight is 368 g/mol. The van der Waals surface area contributed by atoms with E-state index in [0.717, 1.165) is 23.6 Å². The Morgan fingerprint density at radius 1 is 1.21 bits per heavy atom. The number of ether oxygens (including phenoxy) is 1. The van der Waals surface area contributed by atoms with E-state index in [1.54, 1.807) is 0 Å². The highest BCUT2D eigenvalue weighted by Crippen LogP contribution is 2.24. The monoisotopic (exact) mass is 367 g/mol. The molecule has 0 spiro atoms. The van der Waals surface area contributed by atoms with Gasteiger partial charge >= 0.3 is 0 Å². The minimum absolute atomic E-state index is 0. The molecule has 0 atom stereocenters. The number of hydrogen-bond donors (Lipinski definition) is 1. The molecule has 130 valence electrons. The van der Waals surface area contributed by atoms with Crippen molar-refractivity contribution in [1.82, 2.24) is 9.88 Å². The molecule has 1 aromatic carbocycles. The third-order valence-electron chi connectivity index (χ3n) is 3.99. The number of likely N-dealkylation sites (tertiary alicyclic amines) is 1. The number of amides is 1. The van der Waals surface area contributed by atoms with E-state index in [1.165, 1.54) is 43.7 Å². The summed E-state index contributed by atoms with van der Waals surface area (Å²) in [7, 11) is 0. The molecule has 7 heteroatoms. The third kappa shape index (κ3) is 4.93. The Balaban J connectivity index is 0.00000208. The Labute approximate surface area is 152 Å². The standard InChI is InChI=1S/C17H21N3O2S.ClH/c18-16(21)17-19-15(12-23-17)13-4-6-14(7-5-13)22-11-10-20-8-2-1-3-9-20;/h4-7,12H,1-3,8-11H2,(H2,18,21);1H. The van der Waals surface area contributed by atoms with Crippen LogP contribution in [-0.2, 0) is 0 Å². The molecular weight excluding hydrogens is 346 g/mol. The van der Waals surface area contributed by atoms with Crippen molar-refractivity contribution in [2.75, 3.05) is 26.2 Å². The molecule has 2 N–H and O–H groups in total. The first-order valence-corrected chi connectivity index (χ1v) is 8.81. The van der Waals surface area contributed by atoms with Gasteiger partial charge in [-0.05, 0) is 50.2 Å². The third-order valence-corrected chi connectivity index (χ3v) is 4.85. The minimum atomic E-state index is -0.487. The summed E-state index contributed by atoms with van der Waals surface area (Å²) in [5.74, 6) is 0.370. The molecule has 2 aromatic rings. The Bertz CT molecular complexity index is 654. The predicted octanol–water partition coefficient (Wildman–Crippen LogP) is 3.20. The predicted molar refractivity (Wildman–Crippen MR) is 99.1 cm³/mol. The first kappa shape index (κ1) is 18.7. The lowest BCUT2D eigenvalue weighted by atomic mass is 10.1. The van der Waals surface area contributed by atoms with Gasteiger partial charge in [-0.25, -0.2) is 4.98 Å². The molecule has 1 aliphatic heterocycles. The number of benzene rings is 1. The molecule has 24 heavy (non-hydrogen) atoms. The lowest BCUT2D eigenvalue weighted by Crippen LogP contribution is -2.33. The van der Waals surface area contributed by atoms with Crippen LogP contribution in [0, 0.1) is 0 Å². The Morgan fingerprint density at radius 3 is 2.54 bits per heavy atom. The maximum atomic E-state index is 11.1. The summed E-state index contributed by atoms with van der Waals surface area (Å²) in [6, 6.07) is 7.79. The highest BCUT2D eigenvalue weighted by Gasteiger charge is 2.10. The summed E-state index contributed by atoms with van der Waals surface area (Å²) in [4.78, 5) is 17.8. The van der Waals surface area contributed by atoms with Gasteiger partial charge in [0.05, 0.1) is 5.69 Å². The normalized spacial score (nSPS) is 14.8. The van der Waals surface area contributed by atoms with Gasteiger partial charge in [-0.15, -0.1) is 23.7 Å². The average Bonchev–Trinajstić information content (AvgIpc) is 3.07. The maximum absolute atomic E-state index is 11.1. The fourth-order valence-electron chi connectivity index (χ4n) is 2.72. The summed E-state index contributed by atoms with van der Waals surface area (Å²) in [6.07, 6.45) is 3.96. The molecule has 0 saturated carbocycles. The van der Waals surface area contributed by atoms with E-state index < -0.39 is 5.91 Å². The van der Waals surface area contributed by atoms with Crippen molar-refractivity contribution in [3.05, 3.63) is 34.7 Å². The summed E-state index contributed by atoms with van der Waals surface area (Å²) in [6.45, 7) is 4.07. The van der Waals surface area contributed by atoms with Crippen LogP contribution in [0.25, 0.3) is 11.3 Å². The minimum Gasteiger partial charge on any atom is -0.492 e. The molecule has 3 rings (SSSR count). The van der Waals surface area contributed by atoms with Gasteiger partial charge in [-0.3, -0.25) is 9.69 Å². The van der Waals surface area contributed by atoms with E-state index in [0.29, 0.717) is 11.6 Å². The van der Waals surface area contributed by atoms with E-state index in [4.69, 9.17) is 10.5 Å². The fraction of sp³-hybridized carbons (Fsp3) is 0.412. The molecule has 0 bridgehead atoms. The van der Waals surface area contributed by atoms with Crippen LogP contribution < -0.4 is 10.5 Å². The second kappa shape index (κ2) is 9.01. The number of hydrogen-bond acceptors (Lipinski definition) is 5. The quantitative estimate of drug-likeness (QED) is 0.851. The highest BCUT2D eigenvalue weighted by molar-refractivity contribution is 7.12. The number of aromatic nitrogens is 1. The van der Waals surface area contributed by atoms with Crippen LogP contribution in [0.2, 0.25) is 0 Å². The van der Waals surface area contributed by atoms with Crippen LogP contribution in [0.5, 0.6) is 5.75 Å². The Kier molecular flexibility index (Phi) is 7.02. The molecule has 1 fully saturated rings. The van der Waals surface area contributed by atoms with Crippen molar-refractivity contribution < 1.29 is 9.53 Å². The van der Waals surface area contributed by atoms with Gasteiger partial charge < -0.3 is 10.5 Å². The Hall–Kier alpha value is -1.63. The summed E-state index contributed by atoms with van der Waals surface area (Å²) in [5, 5.41) is 2.17. The van der Waals surface area contributed by atoms with Crippen molar-refractivity contribution in [2.45, 2.75) is 19.3 Å². The van der Waals surface area contributed by atoms with Crippen molar-refractivity contribution in [3.63, 3.8) is 0 Å². The van der Waals surface area contributed by atoms with Crippen molar-refractivity contribution >= 4 is 29.7 Å². The van der Waals surface area contributed by atoms with Crippen molar-refractivity contribution in [3.8, 4) is 17.0 Å². The van der Waals surface area contributed by atoms with E-state index in [9.17, 15) is 4.79 Å². The van der Waals surface area contributed by atoms with Crippen molar-refractivity contribution in [1.29, 1.82) is 0 Å². The van der Waals surface area contributed by atoms with E-state index >= 15 is 0 Å². The number of carbonyl (C=O) groups excluding carboxylic acids is 1. The molecule has 1 aromatic heterocycles. The van der Waals surface area contributed by atoms with Gasteiger partial charge in [0.15, 0.2) is 5.01 Å². The van der Waals surface area contributed by atoms with Crippen LogP contribution in [0.15, 0.2) is 29.6 Å². The molecule has 1 saturated heterocycles. The second-order valence-corrected chi connectivity index (χ2v) is 6.54. The lowest BCUT2D eigenvalue weighted by molar-refractivity contribution is 0.1000. The zero-order valence-electron chi connectivity index (χ0n) is 13.4. The number of piperidine rings is 1. The van der Waals surface area contributed by atoms with E-state index in [-0.39, 0.29) is 12.4 Å². The summed E-state index contributed by atoms with van der Waals surface area (Å²) >= 11 is 1.26. The Morgan fingerprint density at radius 2 is 1.92 bits per heavy atom. The molecule has 0 radical (unpaired) electrons. The number of nitrogens with two attached hydrogens (primary N) is 1. The smallest absolute Gasteiger partial charge is 0.277 e. The molecule has 1 aliphatic rings. The number of rotatable bonds is 6. The topological polar surface area (TPSA) is 68.5 Å². The van der Waals surface area contributed by atoms with Crippen LogP contribution in [0.4, 0.5) is 0 Å². The van der Waals surface area contributed by atoms with E-state index in [2.05, 4.69) is 9.88 Å². The highest BCUT2D eigenvalue weighted by atomic mass is 35.5. The number of nitrogens with zero attached hydrogens (tertiary/aromatic N) is 2. The van der Waals surface area contributed by atoms with Gasteiger partial charge in [-0.1, -0.05) is 6.42 Å². The van der Waals surface area contributed by atoms with Crippen LogP contribution in [-0.4, -0.2) is 42.0 Å². The number of halogens is 1. The summed E-state index contributed by atoms with van der Waals surface area (Å²) in [5.41, 5.74) is 6.95. The number of thiazole rings is 1. The van der Waals surface area contributed by atoms with Crippen molar-refractivity contribution in [2.24, 2.45) is 5.73 Å². The largest absolute Gasteiger partial charge is 0.492 e. The van der Waals surface area contributed by atoms with Gasteiger partial charge in [0, 0.05) is 17.5 Å².